The van der Waals surface area contributed by atoms with E-state index in [0.29, 0.717) is 35.1 Å². The first kappa shape index (κ1) is 31.8. The number of sulfonamides is 1. The molecule has 0 heterocycles. The van der Waals surface area contributed by atoms with Crippen molar-refractivity contribution in [2.75, 3.05) is 37.9 Å². The summed E-state index contributed by atoms with van der Waals surface area (Å²) < 4.78 is 37.6. The summed E-state index contributed by atoms with van der Waals surface area (Å²) in [6, 6.07) is 20.0. The quantitative estimate of drug-likeness (QED) is 0.296. The van der Waals surface area contributed by atoms with Gasteiger partial charge in [-0.25, -0.2) is 8.42 Å². The number of ether oxygens (including phenoxy) is 2. The van der Waals surface area contributed by atoms with Gasteiger partial charge in [-0.15, -0.1) is 0 Å². The van der Waals surface area contributed by atoms with Crippen LogP contribution in [0.1, 0.15) is 24.5 Å². The van der Waals surface area contributed by atoms with E-state index in [1.54, 1.807) is 30.3 Å². The molecule has 0 bridgehead atoms. The number of benzene rings is 3. The van der Waals surface area contributed by atoms with Crippen molar-refractivity contribution in [3.8, 4) is 11.5 Å². The Kier molecular flexibility index (Phi) is 11.4. The van der Waals surface area contributed by atoms with E-state index in [9.17, 15) is 18.0 Å². The standard InChI is InChI=1S/C30H36ClN3O6S/c1-5-16-32-30(36)26(18-22-10-7-6-8-11-22)33(20-23-12-9-13-24(31)17-23)29(35)21-34(41(4,37)38)25-14-15-27(39-2)28(19-25)40-3/h6-15,17,19,26H,5,16,18,20-21H2,1-4H3,(H,32,36). The van der Waals surface area contributed by atoms with Gasteiger partial charge in [0.15, 0.2) is 11.5 Å². The predicted octanol–water partition coefficient (Wildman–Crippen LogP) is 4.29. The van der Waals surface area contributed by atoms with E-state index in [2.05, 4.69) is 5.32 Å². The predicted molar refractivity (Wildman–Crippen MR) is 161 cm³/mol. The monoisotopic (exact) mass is 601 g/mol. The van der Waals surface area contributed by atoms with Crippen LogP contribution >= 0.6 is 11.6 Å². The van der Waals surface area contributed by atoms with Crippen LogP contribution in [0.2, 0.25) is 5.02 Å². The van der Waals surface area contributed by atoms with Gasteiger partial charge in [-0.2, -0.15) is 0 Å². The molecule has 0 aromatic heterocycles. The van der Waals surface area contributed by atoms with Crippen molar-refractivity contribution in [3.05, 3.63) is 88.9 Å². The highest BCUT2D eigenvalue weighted by molar-refractivity contribution is 7.92. The van der Waals surface area contributed by atoms with Gasteiger partial charge in [-0.1, -0.05) is 61.0 Å². The molecule has 220 valence electrons. The number of carbonyl (C=O) groups excluding carboxylic acids is 2. The maximum Gasteiger partial charge on any atom is 0.244 e. The summed E-state index contributed by atoms with van der Waals surface area (Å²) in [7, 11) is -1.01. The molecule has 1 unspecified atom stereocenters. The molecule has 0 radical (unpaired) electrons. The molecule has 3 aromatic carbocycles. The van der Waals surface area contributed by atoms with E-state index in [-0.39, 0.29) is 24.6 Å². The molecule has 9 nitrogen and oxygen atoms in total. The van der Waals surface area contributed by atoms with Gasteiger partial charge in [0.2, 0.25) is 21.8 Å². The van der Waals surface area contributed by atoms with Crippen LogP contribution in [0, 0.1) is 0 Å². The van der Waals surface area contributed by atoms with Crippen molar-refractivity contribution < 1.29 is 27.5 Å². The molecule has 11 heteroatoms. The fourth-order valence-corrected chi connectivity index (χ4v) is 5.40. The minimum absolute atomic E-state index is 0.0416. The third-order valence-electron chi connectivity index (χ3n) is 6.40. The fraction of sp³-hybridized carbons (Fsp3) is 0.333. The van der Waals surface area contributed by atoms with Crippen LogP contribution in [-0.4, -0.2) is 64.7 Å². The molecule has 0 saturated heterocycles. The van der Waals surface area contributed by atoms with Gasteiger partial charge in [0.05, 0.1) is 26.2 Å². The van der Waals surface area contributed by atoms with Gasteiger partial charge in [-0.3, -0.25) is 13.9 Å². The lowest BCUT2D eigenvalue weighted by Gasteiger charge is -2.33. The molecule has 1 N–H and O–H groups in total. The molecule has 0 saturated carbocycles. The molecule has 0 fully saturated rings. The van der Waals surface area contributed by atoms with Crippen LogP contribution in [0.25, 0.3) is 0 Å². The Morgan fingerprint density at radius 3 is 2.22 bits per heavy atom. The van der Waals surface area contributed by atoms with Gasteiger partial charge in [0.25, 0.3) is 0 Å². The maximum atomic E-state index is 14.1. The second-order valence-electron chi connectivity index (χ2n) is 9.46. The molecule has 41 heavy (non-hydrogen) atoms. The van der Waals surface area contributed by atoms with Crippen LogP contribution in [0.4, 0.5) is 5.69 Å². The van der Waals surface area contributed by atoms with Crippen molar-refractivity contribution in [3.63, 3.8) is 0 Å². The van der Waals surface area contributed by atoms with E-state index in [0.717, 1.165) is 16.1 Å². The van der Waals surface area contributed by atoms with Gasteiger partial charge >= 0.3 is 0 Å². The number of nitrogens with one attached hydrogen (secondary N) is 1. The molecule has 0 aliphatic rings. The van der Waals surface area contributed by atoms with Crippen molar-refractivity contribution >= 4 is 39.1 Å². The van der Waals surface area contributed by atoms with E-state index in [4.69, 9.17) is 21.1 Å². The average Bonchev–Trinajstić information content (AvgIpc) is 2.95. The highest BCUT2D eigenvalue weighted by Crippen LogP contribution is 2.32. The third kappa shape index (κ3) is 8.86. The summed E-state index contributed by atoms with van der Waals surface area (Å²) in [5.74, 6) is -0.169. The number of amides is 2. The summed E-state index contributed by atoms with van der Waals surface area (Å²) in [6.07, 6.45) is 1.97. The minimum atomic E-state index is -3.92. The van der Waals surface area contributed by atoms with Crippen molar-refractivity contribution in [1.82, 2.24) is 10.2 Å². The lowest BCUT2D eigenvalue weighted by Crippen LogP contribution is -2.53. The van der Waals surface area contributed by atoms with E-state index in [1.165, 1.54) is 31.3 Å². The van der Waals surface area contributed by atoms with Crippen LogP contribution in [0.5, 0.6) is 11.5 Å². The fourth-order valence-electron chi connectivity index (χ4n) is 4.35. The summed E-state index contributed by atoms with van der Waals surface area (Å²) in [4.78, 5) is 29.0. The molecule has 2 amide bonds. The van der Waals surface area contributed by atoms with Crippen molar-refractivity contribution in [2.24, 2.45) is 0 Å². The highest BCUT2D eigenvalue weighted by atomic mass is 35.5. The zero-order valence-corrected chi connectivity index (χ0v) is 25.2. The summed E-state index contributed by atoms with van der Waals surface area (Å²) in [6.45, 7) is 1.88. The number of hydrogen-bond acceptors (Lipinski definition) is 6. The molecule has 3 aromatic rings. The Morgan fingerprint density at radius 2 is 1.61 bits per heavy atom. The number of halogens is 1. The summed E-state index contributed by atoms with van der Waals surface area (Å²) in [5.41, 5.74) is 1.77. The minimum Gasteiger partial charge on any atom is -0.493 e. The molecular weight excluding hydrogens is 566 g/mol. The molecule has 0 aliphatic heterocycles. The molecular formula is C30H36ClN3O6S. The maximum absolute atomic E-state index is 14.1. The largest absolute Gasteiger partial charge is 0.493 e. The summed E-state index contributed by atoms with van der Waals surface area (Å²) in [5, 5.41) is 3.39. The van der Waals surface area contributed by atoms with Crippen LogP contribution in [0.3, 0.4) is 0 Å². The zero-order chi connectivity index (χ0) is 30.0. The highest BCUT2D eigenvalue weighted by Gasteiger charge is 2.33. The lowest BCUT2D eigenvalue weighted by atomic mass is 10.0. The smallest absolute Gasteiger partial charge is 0.244 e. The van der Waals surface area contributed by atoms with E-state index in [1.807, 2.05) is 37.3 Å². The average molecular weight is 602 g/mol. The first-order valence-electron chi connectivity index (χ1n) is 13.1. The normalized spacial score (nSPS) is 11.8. The van der Waals surface area contributed by atoms with Crippen molar-refractivity contribution in [1.29, 1.82) is 0 Å². The van der Waals surface area contributed by atoms with E-state index < -0.39 is 28.5 Å². The number of nitrogens with zero attached hydrogens (tertiary/aromatic N) is 2. The van der Waals surface area contributed by atoms with E-state index >= 15 is 0 Å². The molecule has 0 aliphatic carbocycles. The Hall–Kier alpha value is -3.76. The van der Waals surface area contributed by atoms with Gasteiger partial charge in [0.1, 0.15) is 12.6 Å². The Morgan fingerprint density at radius 1 is 0.927 bits per heavy atom. The molecule has 1 atom stereocenters. The second kappa shape index (κ2) is 14.7. The number of anilines is 1. The van der Waals surface area contributed by atoms with Crippen molar-refractivity contribution in [2.45, 2.75) is 32.4 Å². The van der Waals surface area contributed by atoms with Crippen LogP contribution in [-0.2, 0) is 32.6 Å². The SMILES string of the molecule is CCCNC(=O)C(Cc1ccccc1)N(Cc1cccc(Cl)c1)C(=O)CN(c1ccc(OC)c(OC)c1)S(C)(=O)=O. The van der Waals surface area contributed by atoms with Gasteiger partial charge < -0.3 is 19.7 Å². The topological polar surface area (TPSA) is 105 Å². The third-order valence-corrected chi connectivity index (χ3v) is 7.77. The van der Waals surface area contributed by atoms with Crippen LogP contribution in [0.15, 0.2) is 72.8 Å². The number of carbonyl (C=O) groups is 2. The first-order valence-corrected chi connectivity index (χ1v) is 15.3. The Labute approximate surface area is 247 Å². The lowest BCUT2D eigenvalue weighted by molar-refractivity contribution is -0.140. The Balaban J connectivity index is 2.06. The first-order chi connectivity index (χ1) is 19.6. The second-order valence-corrected chi connectivity index (χ2v) is 11.8. The van der Waals surface area contributed by atoms with Gasteiger partial charge in [-0.05, 0) is 41.8 Å². The molecule has 3 rings (SSSR count). The molecule has 0 spiro atoms. The van der Waals surface area contributed by atoms with Crippen LogP contribution < -0.4 is 19.1 Å². The Bertz CT molecular complexity index is 1440. The summed E-state index contributed by atoms with van der Waals surface area (Å²) >= 11 is 6.23. The number of rotatable bonds is 14. The number of methoxy groups -OCH3 is 2. The zero-order valence-electron chi connectivity index (χ0n) is 23.7. The number of hydrogen-bond donors (Lipinski definition) is 1. The van der Waals surface area contributed by atoms with Gasteiger partial charge in [0, 0.05) is 30.6 Å².